The zero-order chi connectivity index (χ0) is 32.0. The Morgan fingerprint density at radius 2 is 1.04 bits per heavy atom. The van der Waals surface area contributed by atoms with Crippen LogP contribution in [0.5, 0.6) is 0 Å². The van der Waals surface area contributed by atoms with Gasteiger partial charge in [-0.05, 0) is 86.3 Å². The van der Waals surface area contributed by atoms with Gasteiger partial charge in [0.05, 0.1) is 39.5 Å². The van der Waals surface area contributed by atoms with E-state index in [4.69, 9.17) is 15.0 Å². The van der Waals surface area contributed by atoms with Gasteiger partial charge >= 0.3 is 0 Å². The number of hydrogen-bond donors (Lipinski definition) is 0. The second kappa shape index (κ2) is 9.93. The summed E-state index contributed by atoms with van der Waals surface area (Å²) < 4.78 is 2.46. The van der Waals surface area contributed by atoms with E-state index in [0.717, 1.165) is 34.0 Å². The molecule has 0 N–H and O–H groups in total. The van der Waals surface area contributed by atoms with Crippen molar-refractivity contribution in [2.75, 3.05) is 0 Å². The molecule has 0 bridgehead atoms. The predicted octanol–water partition coefficient (Wildman–Crippen LogP) is 10.9. The summed E-state index contributed by atoms with van der Waals surface area (Å²) in [7, 11) is 0. The van der Waals surface area contributed by atoms with Crippen LogP contribution in [-0.2, 0) is 5.41 Å². The lowest BCUT2D eigenvalue weighted by Crippen LogP contribution is -2.17. The van der Waals surface area contributed by atoms with Crippen LogP contribution in [0, 0.1) is 0 Å². The van der Waals surface area contributed by atoms with E-state index in [2.05, 4.69) is 115 Å². The third kappa shape index (κ3) is 3.68. The van der Waals surface area contributed by atoms with Gasteiger partial charge in [0.1, 0.15) is 0 Å². The van der Waals surface area contributed by atoms with Crippen molar-refractivity contribution in [1.82, 2.24) is 19.5 Å². The molecule has 0 saturated carbocycles. The minimum atomic E-state index is -0.277. The van der Waals surface area contributed by atoms with Crippen molar-refractivity contribution in [2.45, 2.75) is 19.3 Å². The van der Waals surface area contributed by atoms with E-state index in [0.29, 0.717) is 0 Å². The number of fused-ring (bicyclic) bond motifs is 12. The average molecular weight is 615 g/mol. The highest BCUT2D eigenvalue weighted by Crippen LogP contribution is 2.57. The molecule has 226 valence electrons. The number of rotatable bonds is 3. The van der Waals surface area contributed by atoms with Crippen LogP contribution in [0.25, 0.3) is 82.9 Å². The first-order valence-electron chi connectivity index (χ1n) is 16.5. The van der Waals surface area contributed by atoms with Crippen molar-refractivity contribution in [1.29, 1.82) is 0 Å². The Kier molecular flexibility index (Phi) is 5.59. The number of para-hydroxylation sites is 1. The lowest BCUT2D eigenvalue weighted by molar-refractivity contribution is 0.670. The summed E-state index contributed by atoms with van der Waals surface area (Å²) in [6, 6.07) is 47.6. The lowest BCUT2D eigenvalue weighted by Gasteiger charge is -2.25. The molecule has 0 unspecified atom stereocenters. The van der Waals surface area contributed by atoms with Crippen molar-refractivity contribution in [3.63, 3.8) is 0 Å². The largest absolute Gasteiger partial charge is 0.309 e. The number of benzene rings is 5. The lowest BCUT2D eigenvalue weighted by atomic mass is 9.78. The highest BCUT2D eigenvalue weighted by Gasteiger charge is 2.41. The van der Waals surface area contributed by atoms with E-state index in [1.54, 1.807) is 0 Å². The van der Waals surface area contributed by atoms with Gasteiger partial charge in [-0.25, -0.2) is 4.98 Å². The van der Waals surface area contributed by atoms with Crippen LogP contribution in [0.4, 0.5) is 0 Å². The second-order valence-corrected chi connectivity index (χ2v) is 13.2. The Bertz CT molecular complexity index is 2680. The Hall–Kier alpha value is -6.13. The molecule has 1 aliphatic carbocycles. The molecule has 0 amide bonds. The highest BCUT2D eigenvalue weighted by atomic mass is 15.0. The molecular weight excluding hydrogens is 585 g/mol. The SMILES string of the molecule is CC1(C)c2c(c3ccccc3c3ccccc23)-c2ccc3c4ccccc4n(-c4cc(-c5ccccn5)nc(-c5ccccn5)c4)c3c21. The molecule has 4 heterocycles. The van der Waals surface area contributed by atoms with Crippen molar-refractivity contribution in [3.05, 3.63) is 157 Å². The fraction of sp³-hybridized carbons (Fsp3) is 0.0682. The molecule has 4 heteroatoms. The molecule has 1 aliphatic rings. The minimum absolute atomic E-state index is 0.277. The quantitative estimate of drug-likeness (QED) is 0.186. The summed E-state index contributed by atoms with van der Waals surface area (Å²) in [6.45, 7) is 4.82. The van der Waals surface area contributed by atoms with E-state index >= 15 is 0 Å². The van der Waals surface area contributed by atoms with Gasteiger partial charge in [-0.1, -0.05) is 105 Å². The summed E-state index contributed by atoms with van der Waals surface area (Å²) in [6.07, 6.45) is 3.65. The number of pyridine rings is 3. The average Bonchev–Trinajstić information content (AvgIpc) is 3.61. The van der Waals surface area contributed by atoms with Crippen molar-refractivity contribution < 1.29 is 0 Å². The van der Waals surface area contributed by atoms with Gasteiger partial charge < -0.3 is 4.57 Å². The molecule has 4 aromatic heterocycles. The zero-order valence-electron chi connectivity index (χ0n) is 26.6. The van der Waals surface area contributed by atoms with Gasteiger partial charge in [-0.3, -0.25) is 9.97 Å². The standard InChI is InChI=1S/C44H30N4/c1-44(2)41-32-17-6-4-14-29(32)28-13-3-5-16-31(28)40(41)34-22-21-33-30-15-7-8-20-39(30)48(43(33)42(34)44)27-25-37(35-18-9-11-23-45-35)47-38(26-27)36-19-10-12-24-46-36/h3-26H,1-2H3. The van der Waals surface area contributed by atoms with E-state index < -0.39 is 0 Å². The molecular formula is C44H30N4. The molecule has 5 aromatic carbocycles. The van der Waals surface area contributed by atoms with Crippen molar-refractivity contribution in [3.8, 4) is 39.6 Å². The third-order valence-electron chi connectivity index (χ3n) is 10.2. The molecule has 0 saturated heterocycles. The predicted molar refractivity (Wildman–Crippen MR) is 198 cm³/mol. The van der Waals surface area contributed by atoms with E-state index in [9.17, 15) is 0 Å². The van der Waals surface area contributed by atoms with E-state index in [1.165, 1.54) is 60.1 Å². The first-order valence-corrected chi connectivity index (χ1v) is 16.5. The van der Waals surface area contributed by atoms with Crippen LogP contribution in [0.15, 0.2) is 146 Å². The molecule has 9 aromatic rings. The molecule has 4 nitrogen and oxygen atoms in total. The second-order valence-electron chi connectivity index (χ2n) is 13.2. The third-order valence-corrected chi connectivity index (χ3v) is 10.2. The van der Waals surface area contributed by atoms with Gasteiger partial charge in [0.25, 0.3) is 0 Å². The summed E-state index contributed by atoms with van der Waals surface area (Å²) >= 11 is 0. The topological polar surface area (TPSA) is 43.6 Å². The van der Waals surface area contributed by atoms with Crippen molar-refractivity contribution in [2.24, 2.45) is 0 Å². The maximum atomic E-state index is 5.11. The number of hydrogen-bond acceptors (Lipinski definition) is 3. The Morgan fingerprint density at radius 3 is 1.69 bits per heavy atom. The maximum absolute atomic E-state index is 5.11. The highest BCUT2D eigenvalue weighted by molar-refractivity contribution is 6.21. The Balaban J connectivity index is 1.36. The summed E-state index contributed by atoms with van der Waals surface area (Å²) in [5.74, 6) is 0. The summed E-state index contributed by atoms with van der Waals surface area (Å²) in [5, 5.41) is 7.70. The van der Waals surface area contributed by atoms with E-state index in [1.807, 2.05) is 48.8 Å². The summed E-state index contributed by atoms with van der Waals surface area (Å²) in [4.78, 5) is 14.5. The van der Waals surface area contributed by atoms with Gasteiger partial charge in [0.15, 0.2) is 0 Å². The van der Waals surface area contributed by atoms with E-state index in [-0.39, 0.29) is 5.41 Å². The zero-order valence-corrected chi connectivity index (χ0v) is 26.6. The minimum Gasteiger partial charge on any atom is -0.309 e. The molecule has 0 radical (unpaired) electrons. The molecule has 10 rings (SSSR count). The van der Waals surface area contributed by atoms with Crippen molar-refractivity contribution >= 4 is 43.4 Å². The van der Waals surface area contributed by atoms with Crippen LogP contribution < -0.4 is 0 Å². The van der Waals surface area contributed by atoms with Crippen LogP contribution in [0.2, 0.25) is 0 Å². The van der Waals surface area contributed by atoms with Gasteiger partial charge in [-0.2, -0.15) is 0 Å². The van der Waals surface area contributed by atoms with Gasteiger partial charge in [0, 0.05) is 28.6 Å². The Morgan fingerprint density at radius 1 is 0.479 bits per heavy atom. The van der Waals surface area contributed by atoms with Crippen LogP contribution in [0.1, 0.15) is 25.0 Å². The van der Waals surface area contributed by atoms with Gasteiger partial charge in [0.2, 0.25) is 0 Å². The first-order chi connectivity index (χ1) is 23.6. The summed E-state index contributed by atoms with van der Waals surface area (Å²) in [5.41, 5.74) is 11.8. The first kappa shape index (κ1) is 27.0. The monoisotopic (exact) mass is 614 g/mol. The smallest absolute Gasteiger partial charge is 0.0915 e. The van der Waals surface area contributed by atoms with Crippen LogP contribution in [-0.4, -0.2) is 19.5 Å². The fourth-order valence-electron chi connectivity index (χ4n) is 8.30. The molecule has 48 heavy (non-hydrogen) atoms. The molecule has 0 aliphatic heterocycles. The normalized spacial score (nSPS) is 13.4. The molecule has 0 atom stereocenters. The van der Waals surface area contributed by atoms with Crippen LogP contribution in [0.3, 0.4) is 0 Å². The molecule has 0 fully saturated rings. The number of nitrogens with zero attached hydrogens (tertiary/aromatic N) is 4. The Labute approximate surface area is 278 Å². The fourth-order valence-corrected chi connectivity index (χ4v) is 8.30. The molecule has 0 spiro atoms. The number of aromatic nitrogens is 4. The van der Waals surface area contributed by atoms with Crippen LogP contribution >= 0.6 is 0 Å². The maximum Gasteiger partial charge on any atom is 0.0915 e. The van der Waals surface area contributed by atoms with Gasteiger partial charge in [-0.15, -0.1) is 0 Å².